The molecule has 6 unspecified atom stereocenters. The molecule has 0 spiro atoms. The van der Waals surface area contributed by atoms with Crippen LogP contribution in [0.3, 0.4) is 0 Å². The third kappa shape index (κ3) is 6.88. The number of rotatable bonds is 5. The molecule has 0 N–H and O–H groups in total. The van der Waals surface area contributed by atoms with Crippen LogP contribution in [0.5, 0.6) is 0 Å². The van der Waals surface area contributed by atoms with E-state index >= 15 is 0 Å². The molecule has 1 fully saturated rings. The Morgan fingerprint density at radius 3 is 2.44 bits per heavy atom. The largest absolute Gasteiger partial charge is 0.124 e. The van der Waals surface area contributed by atoms with E-state index in [1.165, 1.54) is 51.4 Å². The molecule has 0 heterocycles. The van der Waals surface area contributed by atoms with Crippen molar-refractivity contribution in [1.29, 1.82) is 0 Å². The molecule has 0 heteroatoms. The van der Waals surface area contributed by atoms with E-state index in [4.69, 9.17) is 0 Å². The number of hydrogen-bond acceptors (Lipinski definition) is 0. The quantitative estimate of drug-likeness (QED) is 0.337. The smallest absolute Gasteiger partial charge is 0.103 e. The average Bonchev–Trinajstić information content (AvgIpc) is 2.63. The van der Waals surface area contributed by atoms with Crippen molar-refractivity contribution in [3.8, 4) is 0 Å². The molecule has 1 saturated carbocycles. The van der Waals surface area contributed by atoms with Crippen molar-refractivity contribution in [2.24, 2.45) is 41.4 Å². The first-order chi connectivity index (χ1) is 12.9. The predicted octanol–water partition coefficient (Wildman–Crippen LogP) is 8.42. The summed E-state index contributed by atoms with van der Waals surface area (Å²) in [5, 5.41) is 0. The Morgan fingerprint density at radius 1 is 1.07 bits per heavy atom. The molecule has 27 heavy (non-hydrogen) atoms. The molecule has 0 radical (unpaired) electrons. The molecule has 0 amide bonds. The summed E-state index contributed by atoms with van der Waals surface area (Å²) in [5.41, 5.74) is 0. The van der Waals surface area contributed by atoms with Crippen LogP contribution >= 0.6 is 0 Å². The molecular weight excluding hydrogens is 324 g/mol. The molecule has 0 aromatic heterocycles. The number of hydrogen-bond donors (Lipinski definition) is 0. The molecule has 0 aromatic rings. The van der Waals surface area contributed by atoms with Gasteiger partial charge < -0.3 is 0 Å². The highest BCUT2D eigenvalue weighted by atomic mass is 14.4. The average molecular weight is 370 g/mol. The van der Waals surface area contributed by atoms with Crippen LogP contribution in [0.1, 0.15) is 86.0 Å². The van der Waals surface area contributed by atoms with Crippen LogP contribution in [-0.4, -0.2) is 0 Å². The highest BCUT2D eigenvalue weighted by Gasteiger charge is 2.34. The zero-order valence-corrected chi connectivity index (χ0v) is 18.8. The van der Waals surface area contributed by atoms with E-state index in [9.17, 15) is 0 Å². The minimum atomic E-state index is 0.562. The summed E-state index contributed by atoms with van der Waals surface area (Å²) in [5.74, 6) is 6.90. The van der Waals surface area contributed by atoms with Gasteiger partial charge in [0.2, 0.25) is 0 Å². The zero-order valence-electron chi connectivity index (χ0n) is 18.8. The number of allylic oxidation sites excluding steroid dienone is 5. The Balaban J connectivity index is 2.26. The first-order valence-corrected chi connectivity index (χ1v) is 11.7. The van der Waals surface area contributed by atoms with Gasteiger partial charge in [0.15, 0.2) is 0 Å². The minimum Gasteiger partial charge on any atom is -0.103 e. The first-order valence-electron chi connectivity index (χ1n) is 11.7. The zero-order chi connectivity index (χ0) is 19.8. The van der Waals surface area contributed by atoms with E-state index in [-0.39, 0.29) is 0 Å². The molecule has 3 aliphatic rings. The minimum absolute atomic E-state index is 0.562. The lowest BCUT2D eigenvalue weighted by Gasteiger charge is -2.37. The van der Waals surface area contributed by atoms with E-state index in [0.717, 1.165) is 23.7 Å². The fraction of sp³-hybridized carbons (Fsp3) is 0.741. The van der Waals surface area contributed by atoms with Crippen molar-refractivity contribution < 1.29 is 0 Å². The SMILES string of the molecule is C=CC1CC2CCC(C/C=C/C(CC(C)C)C/C=C/C1[C+](C)C)C(CC)C2. The van der Waals surface area contributed by atoms with Crippen molar-refractivity contribution in [3.63, 3.8) is 0 Å². The van der Waals surface area contributed by atoms with Crippen molar-refractivity contribution in [3.05, 3.63) is 42.9 Å². The molecular formula is C27H45+. The van der Waals surface area contributed by atoms with E-state index in [1.54, 1.807) is 5.92 Å². The molecule has 0 nitrogen and oxygen atoms in total. The van der Waals surface area contributed by atoms with Crippen LogP contribution in [0.15, 0.2) is 37.0 Å². The highest BCUT2D eigenvalue weighted by Crippen LogP contribution is 2.42. The second-order valence-corrected chi connectivity index (χ2v) is 10.1. The van der Waals surface area contributed by atoms with Gasteiger partial charge in [-0.3, -0.25) is 0 Å². The summed E-state index contributed by atoms with van der Waals surface area (Å²) < 4.78 is 0. The fourth-order valence-corrected chi connectivity index (χ4v) is 5.69. The van der Waals surface area contributed by atoms with Crippen LogP contribution in [0.4, 0.5) is 0 Å². The highest BCUT2D eigenvalue weighted by molar-refractivity contribution is 5.09. The van der Waals surface area contributed by atoms with Gasteiger partial charge in [-0.05, 0) is 74.2 Å². The molecule has 6 atom stereocenters. The van der Waals surface area contributed by atoms with Gasteiger partial charge in [0.05, 0.1) is 19.8 Å². The molecule has 0 aromatic carbocycles. The van der Waals surface area contributed by atoms with Gasteiger partial charge in [-0.1, -0.05) is 57.9 Å². The Bertz CT molecular complexity index is 480. The summed E-state index contributed by atoms with van der Waals surface area (Å²) >= 11 is 0. The second-order valence-electron chi connectivity index (χ2n) is 10.1. The van der Waals surface area contributed by atoms with E-state index in [0.29, 0.717) is 17.8 Å². The summed E-state index contributed by atoms with van der Waals surface area (Å²) in [4.78, 5) is 0. The Kier molecular flexibility index (Phi) is 9.27. The molecule has 0 aliphatic heterocycles. The molecule has 2 bridgehead atoms. The predicted molar refractivity (Wildman–Crippen MR) is 121 cm³/mol. The molecule has 0 saturated heterocycles. The van der Waals surface area contributed by atoms with Crippen LogP contribution in [0.2, 0.25) is 0 Å². The van der Waals surface area contributed by atoms with Crippen LogP contribution in [0.25, 0.3) is 0 Å². The topological polar surface area (TPSA) is 0 Å². The second kappa shape index (κ2) is 11.2. The van der Waals surface area contributed by atoms with Crippen molar-refractivity contribution in [2.75, 3.05) is 0 Å². The van der Waals surface area contributed by atoms with Gasteiger partial charge in [0.25, 0.3) is 0 Å². The van der Waals surface area contributed by atoms with Gasteiger partial charge in [-0.25, -0.2) is 0 Å². The standard InChI is InChI=1S/C27H45/c1-7-24-18-23-15-16-26(24)13-9-11-22(17-20(3)4)12-10-14-27(21(5)6)25(8-2)19-23/h8-11,14,20,22-27H,2,7,12-13,15-19H2,1,3-6H3/q+1/b11-9+,14-10+. The molecule has 152 valence electrons. The third-order valence-corrected chi connectivity index (χ3v) is 7.21. The fourth-order valence-electron chi connectivity index (χ4n) is 5.69. The van der Waals surface area contributed by atoms with Crippen LogP contribution in [0, 0.1) is 47.3 Å². The summed E-state index contributed by atoms with van der Waals surface area (Å²) in [6, 6.07) is 0. The molecule has 3 rings (SSSR count). The first kappa shape index (κ1) is 22.4. The summed E-state index contributed by atoms with van der Waals surface area (Å²) in [6.07, 6.45) is 23.1. The maximum atomic E-state index is 4.24. The van der Waals surface area contributed by atoms with E-state index in [1.807, 2.05) is 0 Å². The van der Waals surface area contributed by atoms with E-state index < -0.39 is 0 Å². The Morgan fingerprint density at radius 2 is 1.81 bits per heavy atom. The Hall–Kier alpha value is -0.910. The maximum absolute atomic E-state index is 4.24. The van der Waals surface area contributed by atoms with Gasteiger partial charge in [-0.15, -0.1) is 6.58 Å². The van der Waals surface area contributed by atoms with E-state index in [2.05, 4.69) is 71.6 Å². The monoisotopic (exact) mass is 369 g/mol. The number of fused-ring (bicyclic) bond motifs is 9. The summed E-state index contributed by atoms with van der Waals surface area (Å²) in [7, 11) is 0. The lowest BCUT2D eigenvalue weighted by atomic mass is 9.67. The third-order valence-electron chi connectivity index (χ3n) is 7.21. The van der Waals surface area contributed by atoms with Gasteiger partial charge in [0.1, 0.15) is 5.92 Å². The van der Waals surface area contributed by atoms with Gasteiger partial charge in [-0.2, -0.15) is 0 Å². The van der Waals surface area contributed by atoms with Crippen molar-refractivity contribution in [1.82, 2.24) is 0 Å². The van der Waals surface area contributed by atoms with Crippen LogP contribution in [-0.2, 0) is 0 Å². The van der Waals surface area contributed by atoms with Crippen molar-refractivity contribution in [2.45, 2.75) is 86.0 Å². The molecule has 3 aliphatic carbocycles. The lowest BCUT2D eigenvalue weighted by Crippen LogP contribution is -2.27. The van der Waals surface area contributed by atoms with Crippen molar-refractivity contribution >= 4 is 0 Å². The van der Waals surface area contributed by atoms with Gasteiger partial charge in [0, 0.05) is 5.92 Å². The normalized spacial score (nSPS) is 37.6. The Labute approximate surface area is 170 Å². The van der Waals surface area contributed by atoms with Gasteiger partial charge >= 0.3 is 0 Å². The summed E-state index contributed by atoms with van der Waals surface area (Å²) in [6.45, 7) is 16.0. The lowest BCUT2D eigenvalue weighted by molar-refractivity contribution is 0.155. The maximum Gasteiger partial charge on any atom is 0.124 e. The van der Waals surface area contributed by atoms with Crippen LogP contribution < -0.4 is 0 Å².